The molecule has 126 valence electrons. The minimum Gasteiger partial charge on any atom is -0.264 e. The molecule has 4 atom stereocenters. The van der Waals surface area contributed by atoms with Crippen LogP contribution in [0.4, 0.5) is 0 Å². The van der Waals surface area contributed by atoms with E-state index in [4.69, 9.17) is 8.37 Å². The van der Waals surface area contributed by atoms with Gasteiger partial charge in [-0.3, -0.25) is 8.37 Å². The molecular weight excluding hydrogens is 328 g/mol. The molecule has 2 saturated carbocycles. The molecule has 0 unspecified atom stereocenters. The van der Waals surface area contributed by atoms with Crippen LogP contribution in [0.5, 0.6) is 0 Å². The number of allylic oxidation sites excluding steroid dienone is 2. The Labute approximate surface area is 132 Å². The van der Waals surface area contributed by atoms with Crippen molar-refractivity contribution < 1.29 is 25.2 Å². The average molecular weight is 350 g/mol. The van der Waals surface area contributed by atoms with Crippen LogP contribution < -0.4 is 0 Å². The van der Waals surface area contributed by atoms with Crippen molar-refractivity contribution in [1.29, 1.82) is 0 Å². The van der Waals surface area contributed by atoms with Crippen molar-refractivity contribution in [3.8, 4) is 0 Å². The Morgan fingerprint density at radius 3 is 1.45 bits per heavy atom. The largest absolute Gasteiger partial charge is 0.264 e. The smallest absolute Gasteiger partial charge is 0.264 e. The predicted octanol–water partition coefficient (Wildman–Crippen LogP) is 1.59. The molecule has 0 heterocycles. The van der Waals surface area contributed by atoms with E-state index >= 15 is 0 Å². The van der Waals surface area contributed by atoms with Gasteiger partial charge in [-0.05, 0) is 25.7 Å². The molecule has 22 heavy (non-hydrogen) atoms. The molecule has 2 fully saturated rings. The molecule has 3 aliphatic carbocycles. The Hall–Kier alpha value is -0.440. The van der Waals surface area contributed by atoms with Gasteiger partial charge in [0.05, 0.1) is 12.5 Å². The summed E-state index contributed by atoms with van der Waals surface area (Å²) in [6.45, 7) is 0. The van der Waals surface area contributed by atoms with Crippen molar-refractivity contribution in [2.75, 3.05) is 12.5 Å². The van der Waals surface area contributed by atoms with E-state index in [0.717, 1.165) is 38.2 Å². The minimum absolute atomic E-state index is 0.0576. The van der Waals surface area contributed by atoms with E-state index in [1.807, 2.05) is 0 Å². The second-order valence-electron chi connectivity index (χ2n) is 6.94. The quantitative estimate of drug-likeness (QED) is 0.565. The van der Waals surface area contributed by atoms with Crippen LogP contribution in [-0.4, -0.2) is 41.6 Å². The van der Waals surface area contributed by atoms with Gasteiger partial charge in [0.15, 0.2) is 0 Å². The van der Waals surface area contributed by atoms with Crippen molar-refractivity contribution in [3.63, 3.8) is 0 Å². The summed E-state index contributed by atoms with van der Waals surface area (Å²) in [5, 5.41) is 0. The summed E-state index contributed by atoms with van der Waals surface area (Å²) in [5.41, 5.74) is -0.115. The maximum absolute atomic E-state index is 11.5. The lowest BCUT2D eigenvalue weighted by molar-refractivity contribution is -0.104. The Bertz CT molecular complexity index is 635. The predicted molar refractivity (Wildman–Crippen MR) is 81.1 cm³/mol. The van der Waals surface area contributed by atoms with Crippen LogP contribution >= 0.6 is 0 Å². The molecule has 0 radical (unpaired) electrons. The van der Waals surface area contributed by atoms with E-state index in [0.29, 0.717) is 12.8 Å². The molecule has 0 bridgehead atoms. The molecule has 0 amide bonds. The van der Waals surface area contributed by atoms with Gasteiger partial charge in [-0.1, -0.05) is 25.0 Å². The molecule has 3 rings (SSSR count). The SMILES string of the molecule is CS(=O)(=O)O[C@@H]1C[C@]23C=C[C@@]2(CCCC3)C[C@H]1OS(C)(=O)=O. The van der Waals surface area contributed by atoms with Crippen LogP contribution in [0.2, 0.25) is 0 Å². The normalized spacial score (nSPS) is 41.4. The third-order valence-electron chi connectivity index (χ3n) is 5.35. The second kappa shape index (κ2) is 5.03. The van der Waals surface area contributed by atoms with Gasteiger partial charge in [0, 0.05) is 10.8 Å². The van der Waals surface area contributed by atoms with Crippen molar-refractivity contribution >= 4 is 20.2 Å². The van der Waals surface area contributed by atoms with E-state index in [9.17, 15) is 16.8 Å². The molecule has 0 spiro atoms. The maximum atomic E-state index is 11.5. The molecule has 0 saturated heterocycles. The Morgan fingerprint density at radius 2 is 1.18 bits per heavy atom. The number of hydrogen-bond donors (Lipinski definition) is 0. The van der Waals surface area contributed by atoms with Crippen molar-refractivity contribution in [2.45, 2.75) is 50.7 Å². The maximum Gasteiger partial charge on any atom is 0.264 e. The van der Waals surface area contributed by atoms with Crippen LogP contribution in [-0.2, 0) is 28.6 Å². The molecular formula is C14H22O6S2. The molecule has 0 aromatic carbocycles. The first kappa shape index (κ1) is 16.4. The standard InChI is InChI=1S/C14H22O6S2/c1-21(15,16)19-11-9-13-5-3-4-6-14(13,8-7-13)10-12(11)20-22(2,17)18/h7-8,11-12H,3-6,9-10H2,1-2H3/t11-,12-,13+,14+/m1/s1. The van der Waals surface area contributed by atoms with Crippen LogP contribution in [0.25, 0.3) is 0 Å². The highest BCUT2D eigenvalue weighted by atomic mass is 32.2. The Morgan fingerprint density at radius 1 is 0.818 bits per heavy atom. The van der Waals surface area contributed by atoms with Gasteiger partial charge < -0.3 is 0 Å². The lowest BCUT2D eigenvalue weighted by Crippen LogP contribution is -2.59. The van der Waals surface area contributed by atoms with Crippen LogP contribution in [0.3, 0.4) is 0 Å². The zero-order valence-corrected chi connectivity index (χ0v) is 14.5. The molecule has 8 heteroatoms. The van der Waals surface area contributed by atoms with Crippen LogP contribution in [0.15, 0.2) is 12.2 Å². The minimum atomic E-state index is -3.67. The highest BCUT2D eigenvalue weighted by Gasteiger charge is 2.61. The van der Waals surface area contributed by atoms with Crippen LogP contribution in [0, 0.1) is 10.8 Å². The molecule has 6 nitrogen and oxygen atoms in total. The zero-order chi connectivity index (χ0) is 16.2. The molecule has 0 aliphatic heterocycles. The van der Waals surface area contributed by atoms with Gasteiger partial charge in [-0.2, -0.15) is 16.8 Å². The van der Waals surface area contributed by atoms with Gasteiger partial charge in [0.25, 0.3) is 20.2 Å². The fourth-order valence-corrected chi connectivity index (χ4v) is 5.75. The van der Waals surface area contributed by atoms with Gasteiger partial charge in [-0.25, -0.2) is 0 Å². The fraction of sp³-hybridized carbons (Fsp3) is 0.857. The summed E-state index contributed by atoms with van der Waals surface area (Å²) >= 11 is 0. The second-order valence-corrected chi connectivity index (χ2v) is 10.1. The van der Waals surface area contributed by atoms with E-state index in [1.54, 1.807) is 0 Å². The first-order chi connectivity index (χ1) is 10.0. The lowest BCUT2D eigenvalue weighted by atomic mass is 9.43. The first-order valence-corrected chi connectivity index (χ1v) is 11.1. The van der Waals surface area contributed by atoms with E-state index in [2.05, 4.69) is 12.2 Å². The average Bonchev–Trinajstić information content (AvgIpc) is 2.31. The van der Waals surface area contributed by atoms with Gasteiger partial charge >= 0.3 is 0 Å². The number of rotatable bonds is 4. The molecule has 0 N–H and O–H groups in total. The van der Waals surface area contributed by atoms with Gasteiger partial charge in [0.2, 0.25) is 0 Å². The number of hydrogen-bond acceptors (Lipinski definition) is 6. The zero-order valence-electron chi connectivity index (χ0n) is 12.8. The third-order valence-corrected chi connectivity index (χ3v) is 6.54. The summed E-state index contributed by atoms with van der Waals surface area (Å²) in [6, 6.07) is 0. The third kappa shape index (κ3) is 2.86. The highest BCUT2D eigenvalue weighted by Crippen LogP contribution is 2.66. The van der Waals surface area contributed by atoms with Gasteiger partial charge in [-0.15, -0.1) is 0 Å². The summed E-state index contributed by atoms with van der Waals surface area (Å²) < 4.78 is 56.5. The van der Waals surface area contributed by atoms with Gasteiger partial charge in [0.1, 0.15) is 12.2 Å². The molecule has 0 aromatic heterocycles. The van der Waals surface area contributed by atoms with Crippen molar-refractivity contribution in [3.05, 3.63) is 12.2 Å². The summed E-state index contributed by atoms with van der Waals surface area (Å²) in [7, 11) is -7.34. The monoisotopic (exact) mass is 350 g/mol. The fourth-order valence-electron chi connectivity index (χ4n) is 4.47. The van der Waals surface area contributed by atoms with E-state index in [1.165, 1.54) is 0 Å². The van der Waals surface area contributed by atoms with E-state index in [-0.39, 0.29) is 10.8 Å². The van der Waals surface area contributed by atoms with Crippen molar-refractivity contribution in [2.24, 2.45) is 10.8 Å². The Balaban J connectivity index is 1.91. The summed E-state index contributed by atoms with van der Waals surface area (Å²) in [4.78, 5) is 0. The molecule has 0 aromatic rings. The Kier molecular flexibility index (Phi) is 3.75. The summed E-state index contributed by atoms with van der Waals surface area (Å²) in [6.07, 6.45) is 9.99. The van der Waals surface area contributed by atoms with Crippen molar-refractivity contribution in [1.82, 2.24) is 0 Å². The first-order valence-electron chi connectivity index (χ1n) is 7.51. The highest BCUT2D eigenvalue weighted by molar-refractivity contribution is 7.86. The van der Waals surface area contributed by atoms with E-state index < -0.39 is 32.4 Å². The topological polar surface area (TPSA) is 86.7 Å². The molecule has 3 aliphatic rings. The van der Waals surface area contributed by atoms with Crippen LogP contribution in [0.1, 0.15) is 38.5 Å². The summed E-state index contributed by atoms with van der Waals surface area (Å²) in [5.74, 6) is 0. The lowest BCUT2D eigenvalue weighted by Gasteiger charge is -2.62.